The summed E-state index contributed by atoms with van der Waals surface area (Å²) in [6, 6.07) is 21.6. The predicted octanol–water partition coefficient (Wildman–Crippen LogP) is 4.44. The molecule has 0 saturated heterocycles. The molecule has 41 heavy (non-hydrogen) atoms. The molecule has 2 aliphatic rings. The molecule has 1 atom stereocenters. The number of anilines is 2. The minimum Gasteiger partial charge on any atom is -0.325 e. The molecule has 1 aromatic heterocycles. The van der Waals surface area contributed by atoms with Gasteiger partial charge in [0.1, 0.15) is 12.2 Å². The standard InChI is InChI=1S/C32H31N5O3S/c1-20-34-28(19-41-20)30(39)37(17-23-8-4-3-7-22(23)16-33-2)18-29(38)35-25-12-11-21-14-32(15-24(21)13-25)26-9-5-6-10-27(26)36-31(32)40/h3-13,19,33H,14-18H2,1-2H3,(H,35,38)(H,36,40). The normalized spacial score (nSPS) is 16.8. The Balaban J connectivity index is 1.20. The Labute approximate surface area is 242 Å². The molecule has 9 heteroatoms. The number of thiazole rings is 1. The lowest BCUT2D eigenvalue weighted by Gasteiger charge is -2.23. The van der Waals surface area contributed by atoms with E-state index < -0.39 is 5.41 Å². The first-order valence-corrected chi connectivity index (χ1v) is 14.5. The van der Waals surface area contributed by atoms with Crippen LogP contribution >= 0.6 is 11.3 Å². The van der Waals surface area contributed by atoms with Gasteiger partial charge in [-0.2, -0.15) is 0 Å². The van der Waals surface area contributed by atoms with Gasteiger partial charge in [-0.3, -0.25) is 14.4 Å². The van der Waals surface area contributed by atoms with E-state index in [1.807, 2.05) is 80.7 Å². The second kappa shape index (κ2) is 10.9. The minimum atomic E-state index is -0.614. The molecular weight excluding hydrogens is 534 g/mol. The van der Waals surface area contributed by atoms with Crippen molar-refractivity contribution in [2.75, 3.05) is 24.2 Å². The van der Waals surface area contributed by atoms with Crippen LogP contribution in [-0.2, 0) is 40.9 Å². The molecule has 4 aromatic rings. The zero-order chi connectivity index (χ0) is 28.6. The number of carbonyl (C=O) groups excluding carboxylic acids is 3. The number of rotatable bonds is 8. The highest BCUT2D eigenvalue weighted by molar-refractivity contribution is 7.09. The molecule has 2 heterocycles. The zero-order valence-electron chi connectivity index (χ0n) is 23.0. The summed E-state index contributed by atoms with van der Waals surface area (Å²) in [6.07, 6.45) is 1.20. The molecule has 208 valence electrons. The van der Waals surface area contributed by atoms with Gasteiger partial charge in [-0.1, -0.05) is 48.5 Å². The average molecular weight is 566 g/mol. The number of hydrogen-bond acceptors (Lipinski definition) is 6. The third-order valence-electron chi connectivity index (χ3n) is 7.91. The van der Waals surface area contributed by atoms with Crippen molar-refractivity contribution in [3.63, 3.8) is 0 Å². The van der Waals surface area contributed by atoms with Crippen LogP contribution < -0.4 is 16.0 Å². The van der Waals surface area contributed by atoms with Crippen LogP contribution in [-0.4, -0.2) is 41.2 Å². The molecule has 1 aliphatic heterocycles. The van der Waals surface area contributed by atoms with Crippen LogP contribution in [0.25, 0.3) is 0 Å². The van der Waals surface area contributed by atoms with Crippen molar-refractivity contribution in [2.24, 2.45) is 0 Å². The van der Waals surface area contributed by atoms with Crippen molar-refractivity contribution in [1.29, 1.82) is 0 Å². The maximum Gasteiger partial charge on any atom is 0.274 e. The van der Waals surface area contributed by atoms with Crippen molar-refractivity contribution < 1.29 is 14.4 Å². The van der Waals surface area contributed by atoms with Crippen LogP contribution in [0.4, 0.5) is 11.4 Å². The van der Waals surface area contributed by atoms with Crippen LogP contribution in [0.2, 0.25) is 0 Å². The summed E-state index contributed by atoms with van der Waals surface area (Å²) in [5.41, 5.74) is 6.44. The molecule has 0 fully saturated rings. The summed E-state index contributed by atoms with van der Waals surface area (Å²) in [7, 11) is 1.88. The van der Waals surface area contributed by atoms with Crippen molar-refractivity contribution in [3.05, 3.63) is 111 Å². The van der Waals surface area contributed by atoms with E-state index >= 15 is 0 Å². The summed E-state index contributed by atoms with van der Waals surface area (Å²) in [5, 5.41) is 11.7. The van der Waals surface area contributed by atoms with E-state index in [-0.39, 0.29) is 30.8 Å². The fourth-order valence-electron chi connectivity index (χ4n) is 5.96. The van der Waals surface area contributed by atoms with Gasteiger partial charge in [0.2, 0.25) is 11.8 Å². The molecule has 6 rings (SSSR count). The Kier molecular flexibility index (Phi) is 7.15. The Morgan fingerprint density at radius 2 is 1.78 bits per heavy atom. The summed E-state index contributed by atoms with van der Waals surface area (Å²) in [5.74, 6) is -0.566. The molecule has 3 aromatic carbocycles. The van der Waals surface area contributed by atoms with E-state index in [1.165, 1.54) is 11.3 Å². The third kappa shape index (κ3) is 5.14. The maximum absolute atomic E-state index is 13.5. The Morgan fingerprint density at radius 3 is 2.56 bits per heavy atom. The molecular formula is C32H31N5O3S. The molecule has 0 radical (unpaired) electrons. The fraction of sp³-hybridized carbons (Fsp3) is 0.250. The van der Waals surface area contributed by atoms with Crippen molar-refractivity contribution >= 4 is 40.4 Å². The van der Waals surface area contributed by atoms with Gasteiger partial charge in [-0.05, 0) is 72.8 Å². The monoisotopic (exact) mass is 565 g/mol. The minimum absolute atomic E-state index is 0.0190. The highest BCUT2D eigenvalue weighted by atomic mass is 32.1. The number of aryl methyl sites for hydroxylation is 1. The van der Waals surface area contributed by atoms with Gasteiger partial charge in [-0.15, -0.1) is 11.3 Å². The van der Waals surface area contributed by atoms with Gasteiger partial charge < -0.3 is 20.9 Å². The second-order valence-electron chi connectivity index (χ2n) is 10.7. The molecule has 1 aliphatic carbocycles. The first kappa shape index (κ1) is 26.9. The molecule has 0 bridgehead atoms. The van der Waals surface area contributed by atoms with Crippen LogP contribution in [0.5, 0.6) is 0 Å². The number of nitrogens with one attached hydrogen (secondary N) is 3. The van der Waals surface area contributed by atoms with Crippen molar-refractivity contribution in [2.45, 2.75) is 38.3 Å². The summed E-state index contributed by atoms with van der Waals surface area (Å²) in [4.78, 5) is 45.8. The van der Waals surface area contributed by atoms with Gasteiger partial charge in [-0.25, -0.2) is 4.98 Å². The van der Waals surface area contributed by atoms with E-state index in [2.05, 4.69) is 20.9 Å². The summed E-state index contributed by atoms with van der Waals surface area (Å²) >= 11 is 1.41. The number of nitrogens with zero attached hydrogens (tertiary/aromatic N) is 2. The first-order valence-electron chi connectivity index (χ1n) is 13.6. The van der Waals surface area contributed by atoms with E-state index in [0.29, 0.717) is 30.8 Å². The number of para-hydroxylation sites is 1. The molecule has 3 amide bonds. The molecule has 1 spiro atoms. The largest absolute Gasteiger partial charge is 0.325 e. The third-order valence-corrected chi connectivity index (χ3v) is 8.68. The maximum atomic E-state index is 13.5. The van der Waals surface area contributed by atoms with Crippen LogP contribution in [0.15, 0.2) is 72.1 Å². The first-order chi connectivity index (χ1) is 19.9. The summed E-state index contributed by atoms with van der Waals surface area (Å²) in [6.45, 7) is 2.66. The van der Waals surface area contributed by atoms with Gasteiger partial charge in [0.15, 0.2) is 0 Å². The smallest absolute Gasteiger partial charge is 0.274 e. The predicted molar refractivity (Wildman–Crippen MR) is 160 cm³/mol. The Morgan fingerprint density at radius 1 is 1.02 bits per heavy atom. The van der Waals surface area contributed by atoms with Gasteiger partial charge in [0.25, 0.3) is 5.91 Å². The number of amides is 3. The van der Waals surface area contributed by atoms with Crippen molar-refractivity contribution in [3.8, 4) is 0 Å². The van der Waals surface area contributed by atoms with Crippen LogP contribution in [0.3, 0.4) is 0 Å². The van der Waals surface area contributed by atoms with Crippen LogP contribution in [0.1, 0.15) is 43.3 Å². The number of hydrogen-bond donors (Lipinski definition) is 3. The number of aromatic nitrogens is 1. The van der Waals surface area contributed by atoms with E-state index in [9.17, 15) is 14.4 Å². The van der Waals surface area contributed by atoms with Crippen molar-refractivity contribution in [1.82, 2.24) is 15.2 Å². The topological polar surface area (TPSA) is 103 Å². The van der Waals surface area contributed by atoms with Gasteiger partial charge in [0, 0.05) is 29.8 Å². The number of carbonyl (C=O) groups is 3. The highest BCUT2D eigenvalue weighted by Gasteiger charge is 2.50. The fourth-order valence-corrected chi connectivity index (χ4v) is 6.54. The zero-order valence-corrected chi connectivity index (χ0v) is 23.8. The average Bonchev–Trinajstić information content (AvgIpc) is 3.64. The number of fused-ring (bicyclic) bond motifs is 3. The van der Waals surface area contributed by atoms with Gasteiger partial charge in [0.05, 0.1) is 10.4 Å². The molecule has 1 unspecified atom stereocenters. The lowest BCUT2D eigenvalue weighted by molar-refractivity contribution is -0.120. The number of benzene rings is 3. The second-order valence-corrected chi connectivity index (χ2v) is 11.7. The van der Waals surface area contributed by atoms with Crippen LogP contribution in [0, 0.1) is 6.92 Å². The quantitative estimate of drug-likeness (QED) is 0.293. The molecule has 0 saturated carbocycles. The highest BCUT2D eigenvalue weighted by Crippen LogP contribution is 2.47. The lowest BCUT2D eigenvalue weighted by atomic mass is 9.79. The summed E-state index contributed by atoms with van der Waals surface area (Å²) < 4.78 is 0. The SMILES string of the molecule is CNCc1ccccc1CN(CC(=O)Nc1ccc2c(c1)CC1(C2)C(=O)Nc2ccccc21)C(=O)c1csc(C)n1. The Bertz CT molecular complexity index is 1660. The van der Waals surface area contributed by atoms with E-state index in [4.69, 9.17) is 0 Å². The Hall–Kier alpha value is -4.34. The van der Waals surface area contributed by atoms with Gasteiger partial charge >= 0.3 is 0 Å². The van der Waals surface area contributed by atoms with E-state index in [0.717, 1.165) is 38.5 Å². The molecule has 8 nitrogen and oxygen atoms in total. The molecule has 3 N–H and O–H groups in total. The lowest BCUT2D eigenvalue weighted by Crippen LogP contribution is -2.38. The van der Waals surface area contributed by atoms with E-state index in [1.54, 1.807) is 10.3 Å².